The number of thiophene rings is 1. The molecule has 3 aromatic heterocycles. The number of benzene rings is 2. The molecule has 0 saturated heterocycles. The SMILES string of the molecule is Cc1c(Oc2ccc(F)c(-c3ncc(Cc4csc(CCC(=O)O)c4)[nH]3)c2)c(F)cc2[nH]ccc12. The molecule has 5 rings (SSSR count). The molecule has 0 bridgehead atoms. The van der Waals surface area contributed by atoms with Gasteiger partial charge in [0.2, 0.25) is 0 Å². The number of carboxylic acid groups (broad SMARTS) is 1. The fourth-order valence-corrected chi connectivity index (χ4v) is 4.89. The zero-order chi connectivity index (χ0) is 24.5. The summed E-state index contributed by atoms with van der Waals surface area (Å²) in [6.07, 6.45) is 4.51. The molecule has 0 aliphatic heterocycles. The minimum absolute atomic E-state index is 0.0888. The third-order valence-corrected chi connectivity index (χ3v) is 6.79. The molecular formula is C26H21F2N3O3S. The molecule has 0 spiro atoms. The summed E-state index contributed by atoms with van der Waals surface area (Å²) in [5, 5.41) is 11.7. The summed E-state index contributed by atoms with van der Waals surface area (Å²) in [5.74, 6) is -1.11. The van der Waals surface area contributed by atoms with E-state index in [1.807, 2.05) is 17.5 Å². The number of aromatic nitrogens is 3. The molecule has 3 N–H and O–H groups in total. The maximum atomic E-state index is 14.7. The number of H-pyrrole nitrogens is 2. The number of fused-ring (bicyclic) bond motifs is 1. The second kappa shape index (κ2) is 9.34. The minimum atomic E-state index is -0.825. The Labute approximate surface area is 203 Å². The number of carboxylic acids is 1. The first kappa shape index (κ1) is 22.8. The zero-order valence-corrected chi connectivity index (χ0v) is 19.5. The highest BCUT2D eigenvalue weighted by Gasteiger charge is 2.16. The lowest BCUT2D eigenvalue weighted by atomic mass is 10.1. The molecule has 178 valence electrons. The van der Waals surface area contributed by atoms with Crippen molar-refractivity contribution in [3.8, 4) is 22.9 Å². The van der Waals surface area contributed by atoms with Gasteiger partial charge < -0.3 is 19.8 Å². The molecule has 2 aromatic carbocycles. The van der Waals surface area contributed by atoms with Crippen LogP contribution < -0.4 is 4.74 Å². The number of hydrogen-bond donors (Lipinski definition) is 3. The average molecular weight is 494 g/mol. The van der Waals surface area contributed by atoms with Crippen LogP contribution in [0.15, 0.2) is 54.2 Å². The van der Waals surface area contributed by atoms with Gasteiger partial charge in [0.1, 0.15) is 17.4 Å². The fourth-order valence-electron chi connectivity index (χ4n) is 4.00. The molecule has 0 amide bonds. The molecule has 0 fully saturated rings. The predicted octanol–water partition coefficient (Wildman–Crippen LogP) is 6.61. The van der Waals surface area contributed by atoms with Crippen molar-refractivity contribution in [1.29, 1.82) is 0 Å². The number of nitrogens with zero attached hydrogens (tertiary/aromatic N) is 1. The van der Waals surface area contributed by atoms with Crippen molar-refractivity contribution in [1.82, 2.24) is 15.0 Å². The number of imidazole rings is 1. The Balaban J connectivity index is 1.36. The Morgan fingerprint density at radius 1 is 1.17 bits per heavy atom. The van der Waals surface area contributed by atoms with E-state index in [9.17, 15) is 13.6 Å². The Kier molecular flexibility index (Phi) is 6.08. The summed E-state index contributed by atoms with van der Waals surface area (Å²) in [7, 11) is 0. The first-order chi connectivity index (χ1) is 16.9. The molecule has 5 aromatic rings. The highest BCUT2D eigenvalue weighted by molar-refractivity contribution is 7.10. The second-order valence-electron chi connectivity index (χ2n) is 8.24. The number of halogens is 2. The van der Waals surface area contributed by atoms with Gasteiger partial charge in [0.25, 0.3) is 0 Å². The van der Waals surface area contributed by atoms with E-state index >= 15 is 0 Å². The zero-order valence-electron chi connectivity index (χ0n) is 18.7. The maximum absolute atomic E-state index is 14.7. The topological polar surface area (TPSA) is 91.0 Å². The monoisotopic (exact) mass is 493 g/mol. The summed E-state index contributed by atoms with van der Waals surface area (Å²) in [6.45, 7) is 1.77. The van der Waals surface area contributed by atoms with Gasteiger partial charge in [0, 0.05) is 51.9 Å². The van der Waals surface area contributed by atoms with E-state index in [0.717, 1.165) is 21.5 Å². The van der Waals surface area contributed by atoms with Crippen LogP contribution in [-0.2, 0) is 17.6 Å². The highest BCUT2D eigenvalue weighted by Crippen LogP contribution is 2.35. The first-order valence-electron chi connectivity index (χ1n) is 10.9. The number of carbonyl (C=O) groups is 1. The fraction of sp³-hybridized carbons (Fsp3) is 0.154. The lowest BCUT2D eigenvalue weighted by Gasteiger charge is -2.12. The summed E-state index contributed by atoms with van der Waals surface area (Å²) in [6, 6.07) is 9.40. The van der Waals surface area contributed by atoms with Gasteiger partial charge in [-0.2, -0.15) is 0 Å². The van der Waals surface area contributed by atoms with Gasteiger partial charge in [0.05, 0.1) is 12.0 Å². The number of aryl methyl sites for hydroxylation is 2. The second-order valence-corrected chi connectivity index (χ2v) is 9.24. The van der Waals surface area contributed by atoms with Crippen molar-refractivity contribution < 1.29 is 23.4 Å². The molecule has 35 heavy (non-hydrogen) atoms. The maximum Gasteiger partial charge on any atom is 0.303 e. The van der Waals surface area contributed by atoms with Crippen molar-refractivity contribution in [3.63, 3.8) is 0 Å². The standard InChI is InChI=1S/C26H21F2N3O3S/c1-14-19-6-7-29-23(19)11-22(28)25(14)34-17-2-4-21(27)20(10-17)26-30-12-16(31-26)8-15-9-18(35-13-15)3-5-24(32)33/h2,4,6-7,9-13,29H,3,5,8H2,1H3,(H,30,31)(H,32,33). The number of nitrogens with one attached hydrogen (secondary N) is 2. The van der Waals surface area contributed by atoms with Crippen LogP contribution >= 0.6 is 11.3 Å². The van der Waals surface area contributed by atoms with Crippen LogP contribution in [0.2, 0.25) is 0 Å². The average Bonchev–Trinajstić information content (AvgIpc) is 3.58. The van der Waals surface area contributed by atoms with Crippen LogP contribution in [0.25, 0.3) is 22.3 Å². The molecule has 3 heterocycles. The summed E-state index contributed by atoms with van der Waals surface area (Å²) >= 11 is 1.52. The molecule has 0 aliphatic rings. The van der Waals surface area contributed by atoms with E-state index in [4.69, 9.17) is 9.84 Å². The Hall–Kier alpha value is -3.98. The first-order valence-corrected chi connectivity index (χ1v) is 11.8. The van der Waals surface area contributed by atoms with Gasteiger partial charge in [-0.05, 0) is 54.6 Å². The largest absolute Gasteiger partial charge is 0.481 e. The molecular weight excluding hydrogens is 472 g/mol. The minimum Gasteiger partial charge on any atom is -0.481 e. The van der Waals surface area contributed by atoms with Gasteiger partial charge in [-0.25, -0.2) is 13.8 Å². The van der Waals surface area contributed by atoms with E-state index in [1.54, 1.807) is 19.3 Å². The summed E-state index contributed by atoms with van der Waals surface area (Å²) in [5.41, 5.74) is 3.34. The Morgan fingerprint density at radius 3 is 2.86 bits per heavy atom. The normalized spacial score (nSPS) is 11.3. The van der Waals surface area contributed by atoms with Crippen LogP contribution in [0.1, 0.15) is 28.1 Å². The quantitative estimate of drug-likeness (QED) is 0.227. The van der Waals surface area contributed by atoms with E-state index in [2.05, 4.69) is 15.0 Å². The molecule has 0 radical (unpaired) electrons. The molecule has 0 aliphatic carbocycles. The van der Waals surface area contributed by atoms with Crippen molar-refractivity contribution in [2.24, 2.45) is 0 Å². The summed E-state index contributed by atoms with van der Waals surface area (Å²) < 4.78 is 35.2. The molecule has 9 heteroatoms. The van der Waals surface area contributed by atoms with Crippen LogP contribution in [0.5, 0.6) is 11.5 Å². The van der Waals surface area contributed by atoms with E-state index in [-0.39, 0.29) is 23.5 Å². The lowest BCUT2D eigenvalue weighted by molar-refractivity contribution is -0.136. The number of aliphatic carboxylic acids is 1. The third-order valence-electron chi connectivity index (χ3n) is 5.74. The Morgan fingerprint density at radius 2 is 2.03 bits per heavy atom. The van der Waals surface area contributed by atoms with Gasteiger partial charge in [-0.1, -0.05) is 0 Å². The number of aromatic amines is 2. The van der Waals surface area contributed by atoms with E-state index in [1.165, 1.54) is 35.6 Å². The van der Waals surface area contributed by atoms with Gasteiger partial charge >= 0.3 is 5.97 Å². The molecule has 0 unspecified atom stereocenters. The number of ether oxygens (including phenoxy) is 1. The summed E-state index contributed by atoms with van der Waals surface area (Å²) in [4.78, 5) is 22.2. The van der Waals surface area contributed by atoms with Crippen molar-refractivity contribution >= 4 is 28.2 Å². The molecule has 0 atom stereocenters. The van der Waals surface area contributed by atoms with Crippen LogP contribution in [0.3, 0.4) is 0 Å². The third kappa shape index (κ3) is 4.81. The van der Waals surface area contributed by atoms with Crippen molar-refractivity contribution in [2.75, 3.05) is 0 Å². The van der Waals surface area contributed by atoms with E-state index < -0.39 is 17.6 Å². The van der Waals surface area contributed by atoms with Crippen LogP contribution in [0, 0.1) is 18.6 Å². The number of hydrogen-bond acceptors (Lipinski definition) is 4. The Bertz CT molecular complexity index is 1540. The highest BCUT2D eigenvalue weighted by atomic mass is 32.1. The lowest BCUT2D eigenvalue weighted by Crippen LogP contribution is -1.95. The number of rotatable bonds is 8. The molecule has 6 nitrogen and oxygen atoms in total. The van der Waals surface area contributed by atoms with Gasteiger partial charge in [-0.15, -0.1) is 11.3 Å². The van der Waals surface area contributed by atoms with E-state index in [0.29, 0.717) is 29.7 Å². The predicted molar refractivity (Wildman–Crippen MR) is 130 cm³/mol. The molecule has 0 saturated carbocycles. The van der Waals surface area contributed by atoms with Gasteiger partial charge in [-0.3, -0.25) is 4.79 Å². The van der Waals surface area contributed by atoms with Gasteiger partial charge in [0.15, 0.2) is 11.6 Å². The van der Waals surface area contributed by atoms with Crippen LogP contribution in [0.4, 0.5) is 8.78 Å². The smallest absolute Gasteiger partial charge is 0.303 e. The van der Waals surface area contributed by atoms with Crippen molar-refractivity contribution in [2.45, 2.75) is 26.2 Å². The van der Waals surface area contributed by atoms with Crippen LogP contribution in [-0.4, -0.2) is 26.0 Å². The van der Waals surface area contributed by atoms with Crippen molar-refractivity contribution in [3.05, 3.63) is 87.5 Å².